The molecule has 20 heavy (non-hydrogen) atoms. The second-order valence-corrected chi connectivity index (χ2v) is 6.60. The number of hydrogen-bond donors (Lipinski definition) is 1. The Labute approximate surface area is 126 Å². The maximum atomic E-state index is 4.39. The fourth-order valence-electron chi connectivity index (χ4n) is 2.33. The van der Waals surface area contributed by atoms with Crippen molar-refractivity contribution < 1.29 is 0 Å². The highest BCUT2D eigenvalue weighted by Crippen LogP contribution is 2.21. The van der Waals surface area contributed by atoms with Gasteiger partial charge in [-0.05, 0) is 36.8 Å². The quantitative estimate of drug-likeness (QED) is 0.791. The van der Waals surface area contributed by atoms with Gasteiger partial charge in [0.05, 0.1) is 5.01 Å². The van der Waals surface area contributed by atoms with Crippen LogP contribution in [0.2, 0.25) is 0 Å². The van der Waals surface area contributed by atoms with Crippen molar-refractivity contribution in [1.29, 1.82) is 0 Å². The molecular weight excluding hydrogens is 264 g/mol. The molecule has 1 aromatic carbocycles. The first-order valence-electron chi connectivity index (χ1n) is 7.39. The minimum atomic E-state index is 0.568. The van der Waals surface area contributed by atoms with Gasteiger partial charge in [0, 0.05) is 18.1 Å². The van der Waals surface area contributed by atoms with Crippen molar-refractivity contribution in [3.05, 3.63) is 52.5 Å². The highest BCUT2D eigenvalue weighted by molar-refractivity contribution is 7.09. The van der Waals surface area contributed by atoms with Gasteiger partial charge in [0.2, 0.25) is 0 Å². The van der Waals surface area contributed by atoms with Crippen LogP contribution in [0.4, 0.5) is 0 Å². The fourth-order valence-corrected chi connectivity index (χ4v) is 2.97. The summed E-state index contributed by atoms with van der Waals surface area (Å²) in [5.41, 5.74) is 1.43. The van der Waals surface area contributed by atoms with Crippen molar-refractivity contribution in [2.24, 2.45) is 5.92 Å². The Morgan fingerprint density at radius 2 is 1.95 bits per heavy atom. The summed E-state index contributed by atoms with van der Waals surface area (Å²) in [6, 6.07) is 10.8. The topological polar surface area (TPSA) is 24.9 Å². The molecular formula is C17H24N2S. The lowest BCUT2D eigenvalue weighted by Gasteiger charge is -2.18. The Morgan fingerprint density at radius 3 is 2.60 bits per heavy atom. The number of aromatic nitrogens is 1. The van der Waals surface area contributed by atoms with Crippen LogP contribution < -0.4 is 5.32 Å². The Hall–Kier alpha value is -1.19. The Morgan fingerprint density at radius 1 is 1.15 bits per heavy atom. The molecule has 0 amide bonds. The third-order valence-corrected chi connectivity index (χ3v) is 4.24. The van der Waals surface area contributed by atoms with Crippen LogP contribution in [0, 0.1) is 5.92 Å². The Bertz CT molecular complexity index is 465. The lowest BCUT2D eigenvalue weighted by Crippen LogP contribution is -2.25. The molecule has 1 unspecified atom stereocenters. The van der Waals surface area contributed by atoms with E-state index in [0.717, 1.165) is 25.9 Å². The predicted octanol–water partition coefficient (Wildman–Crippen LogP) is 4.11. The van der Waals surface area contributed by atoms with Crippen molar-refractivity contribution in [2.75, 3.05) is 13.1 Å². The fraction of sp³-hybridized carbons (Fsp3) is 0.471. The zero-order valence-corrected chi connectivity index (χ0v) is 13.2. The molecule has 3 heteroatoms. The van der Waals surface area contributed by atoms with Gasteiger partial charge in [-0.25, -0.2) is 4.98 Å². The van der Waals surface area contributed by atoms with Crippen LogP contribution in [-0.2, 0) is 6.42 Å². The molecule has 0 aliphatic rings. The van der Waals surface area contributed by atoms with Gasteiger partial charge < -0.3 is 5.32 Å². The first-order valence-corrected chi connectivity index (χ1v) is 8.27. The largest absolute Gasteiger partial charge is 0.316 e. The first-order chi connectivity index (χ1) is 9.75. The highest BCUT2D eigenvalue weighted by Gasteiger charge is 2.12. The third-order valence-electron chi connectivity index (χ3n) is 3.40. The molecule has 0 aliphatic carbocycles. The molecule has 0 fully saturated rings. The van der Waals surface area contributed by atoms with Crippen molar-refractivity contribution in [3.8, 4) is 0 Å². The van der Waals surface area contributed by atoms with Crippen LogP contribution in [0.3, 0.4) is 0 Å². The third kappa shape index (κ3) is 5.06. The van der Waals surface area contributed by atoms with Gasteiger partial charge in [0.1, 0.15) is 0 Å². The van der Waals surface area contributed by atoms with Crippen LogP contribution in [0.15, 0.2) is 41.9 Å². The van der Waals surface area contributed by atoms with E-state index in [4.69, 9.17) is 0 Å². The number of benzene rings is 1. The number of nitrogens with one attached hydrogen (secondary N) is 1. The zero-order chi connectivity index (χ0) is 14.2. The van der Waals surface area contributed by atoms with Gasteiger partial charge >= 0.3 is 0 Å². The van der Waals surface area contributed by atoms with Gasteiger partial charge in [-0.15, -0.1) is 11.3 Å². The molecule has 0 spiro atoms. The van der Waals surface area contributed by atoms with Crippen molar-refractivity contribution in [2.45, 2.75) is 32.6 Å². The second kappa shape index (κ2) is 8.18. The van der Waals surface area contributed by atoms with E-state index in [9.17, 15) is 0 Å². The van der Waals surface area contributed by atoms with Gasteiger partial charge in [0.25, 0.3) is 0 Å². The van der Waals surface area contributed by atoms with E-state index < -0.39 is 0 Å². The summed E-state index contributed by atoms with van der Waals surface area (Å²) in [6.45, 7) is 6.63. The summed E-state index contributed by atoms with van der Waals surface area (Å²) < 4.78 is 0. The van der Waals surface area contributed by atoms with Crippen molar-refractivity contribution >= 4 is 11.3 Å². The molecule has 108 valence electrons. The van der Waals surface area contributed by atoms with E-state index in [1.165, 1.54) is 10.6 Å². The molecule has 0 saturated heterocycles. The van der Waals surface area contributed by atoms with Gasteiger partial charge in [-0.1, -0.05) is 44.2 Å². The van der Waals surface area contributed by atoms with Crippen LogP contribution in [0.5, 0.6) is 0 Å². The second-order valence-electron chi connectivity index (χ2n) is 5.62. The molecule has 1 aromatic heterocycles. The summed E-state index contributed by atoms with van der Waals surface area (Å²) in [5.74, 6) is 1.27. The smallest absolute Gasteiger partial charge is 0.0925 e. The van der Waals surface area contributed by atoms with Crippen LogP contribution in [0.25, 0.3) is 0 Å². The van der Waals surface area contributed by atoms with E-state index in [2.05, 4.69) is 59.9 Å². The van der Waals surface area contributed by atoms with Gasteiger partial charge in [-0.2, -0.15) is 0 Å². The molecule has 0 aliphatic heterocycles. The highest BCUT2D eigenvalue weighted by atomic mass is 32.1. The average Bonchev–Trinajstić information content (AvgIpc) is 2.96. The molecule has 1 N–H and O–H groups in total. The maximum absolute atomic E-state index is 4.39. The number of nitrogens with zero attached hydrogens (tertiary/aromatic N) is 1. The molecule has 1 heterocycles. The SMILES string of the molecule is CC(C)CNCC(CCc1nccs1)c1ccccc1. The molecule has 0 bridgehead atoms. The van der Waals surface area contributed by atoms with Gasteiger partial charge in [0.15, 0.2) is 0 Å². The average molecular weight is 288 g/mol. The van der Waals surface area contributed by atoms with E-state index >= 15 is 0 Å². The summed E-state index contributed by atoms with van der Waals surface area (Å²) >= 11 is 1.76. The summed E-state index contributed by atoms with van der Waals surface area (Å²) in [6.07, 6.45) is 4.12. The monoisotopic (exact) mass is 288 g/mol. The Balaban J connectivity index is 1.92. The summed E-state index contributed by atoms with van der Waals surface area (Å²) in [4.78, 5) is 4.39. The number of aryl methyl sites for hydroxylation is 1. The summed E-state index contributed by atoms with van der Waals surface area (Å²) in [7, 11) is 0. The zero-order valence-electron chi connectivity index (χ0n) is 12.4. The first kappa shape index (κ1) is 15.2. The maximum Gasteiger partial charge on any atom is 0.0925 e. The van der Waals surface area contributed by atoms with E-state index in [1.807, 2.05) is 6.20 Å². The molecule has 2 nitrogen and oxygen atoms in total. The van der Waals surface area contributed by atoms with E-state index in [1.54, 1.807) is 11.3 Å². The van der Waals surface area contributed by atoms with Crippen LogP contribution in [-0.4, -0.2) is 18.1 Å². The minimum absolute atomic E-state index is 0.568. The normalized spacial score (nSPS) is 12.8. The lowest BCUT2D eigenvalue weighted by molar-refractivity contribution is 0.500. The predicted molar refractivity (Wildman–Crippen MR) is 87.3 cm³/mol. The molecule has 0 radical (unpaired) electrons. The van der Waals surface area contributed by atoms with Gasteiger partial charge in [-0.3, -0.25) is 0 Å². The molecule has 0 saturated carbocycles. The number of rotatable bonds is 8. The van der Waals surface area contributed by atoms with Crippen molar-refractivity contribution in [1.82, 2.24) is 10.3 Å². The van der Waals surface area contributed by atoms with Crippen LogP contribution in [0.1, 0.15) is 36.8 Å². The Kier molecular flexibility index (Phi) is 6.22. The van der Waals surface area contributed by atoms with Crippen molar-refractivity contribution in [3.63, 3.8) is 0 Å². The van der Waals surface area contributed by atoms with E-state index in [0.29, 0.717) is 11.8 Å². The molecule has 2 rings (SSSR count). The van der Waals surface area contributed by atoms with Crippen LogP contribution >= 0.6 is 11.3 Å². The molecule has 1 atom stereocenters. The van der Waals surface area contributed by atoms with E-state index in [-0.39, 0.29) is 0 Å². The minimum Gasteiger partial charge on any atom is -0.316 e. The number of hydrogen-bond acceptors (Lipinski definition) is 3. The summed E-state index contributed by atoms with van der Waals surface area (Å²) in [5, 5.41) is 6.90. The standard InChI is InChI=1S/C17H24N2S/c1-14(2)12-18-13-16(15-6-4-3-5-7-15)8-9-17-19-10-11-20-17/h3-7,10-11,14,16,18H,8-9,12-13H2,1-2H3. The molecule has 2 aromatic rings. The number of thiazole rings is 1. The lowest BCUT2D eigenvalue weighted by atomic mass is 9.94.